The molecule has 0 radical (unpaired) electrons. The molecule has 4 aromatic rings. The molecule has 6 nitrogen and oxygen atoms in total. The Hall–Kier alpha value is -4.06. The molecule has 0 bridgehead atoms. The van der Waals surface area contributed by atoms with Crippen LogP contribution in [0.5, 0.6) is 5.75 Å². The lowest BCUT2D eigenvalue weighted by atomic mass is 10.1. The summed E-state index contributed by atoms with van der Waals surface area (Å²) in [6.07, 6.45) is -1.11. The summed E-state index contributed by atoms with van der Waals surface area (Å²) < 4.78 is 12.1. The molecule has 0 aliphatic carbocycles. The predicted octanol–water partition coefficient (Wildman–Crippen LogP) is 5.59. The van der Waals surface area contributed by atoms with Crippen molar-refractivity contribution in [2.75, 3.05) is 6.61 Å². The molecule has 0 spiro atoms. The Balaban J connectivity index is 1.70. The van der Waals surface area contributed by atoms with E-state index in [2.05, 4.69) is 0 Å². The van der Waals surface area contributed by atoms with E-state index in [0.29, 0.717) is 34.7 Å². The Kier molecular flexibility index (Phi) is 5.71. The van der Waals surface area contributed by atoms with Crippen LogP contribution in [0.3, 0.4) is 0 Å². The number of carbonyl (C=O) groups is 2. The highest BCUT2D eigenvalue weighted by Gasteiger charge is 2.17. The zero-order valence-electron chi connectivity index (χ0n) is 16.9. The molecule has 3 aromatic carbocycles. The van der Waals surface area contributed by atoms with E-state index in [1.165, 1.54) is 4.57 Å². The second-order valence-corrected chi connectivity index (χ2v) is 6.94. The number of rotatable bonds is 6. The molecule has 0 fully saturated rings. The van der Waals surface area contributed by atoms with Gasteiger partial charge in [-0.25, -0.2) is 14.2 Å². The summed E-state index contributed by atoms with van der Waals surface area (Å²) in [5.74, 6) is 0.199. The van der Waals surface area contributed by atoms with E-state index in [1.54, 1.807) is 49.4 Å². The average Bonchev–Trinajstić information content (AvgIpc) is 3.18. The third kappa shape index (κ3) is 4.28. The molecule has 4 rings (SSSR count). The van der Waals surface area contributed by atoms with Crippen LogP contribution < -0.4 is 4.74 Å². The molecule has 0 atom stereocenters. The second kappa shape index (κ2) is 8.75. The maximum atomic E-state index is 12.1. The normalized spacial score (nSPS) is 10.7. The lowest BCUT2D eigenvalue weighted by Crippen LogP contribution is -2.09. The van der Waals surface area contributed by atoms with Crippen molar-refractivity contribution in [3.63, 3.8) is 0 Å². The van der Waals surface area contributed by atoms with Gasteiger partial charge in [-0.2, -0.15) is 0 Å². The van der Waals surface area contributed by atoms with Crippen LogP contribution in [0.15, 0.2) is 78.9 Å². The fourth-order valence-electron chi connectivity index (χ4n) is 3.46. The molecule has 0 aliphatic heterocycles. The smallest absolute Gasteiger partial charge is 0.416 e. The minimum atomic E-state index is -1.11. The molecule has 1 N–H and O–H groups in total. The van der Waals surface area contributed by atoms with Crippen LogP contribution in [-0.4, -0.2) is 28.3 Å². The van der Waals surface area contributed by atoms with Gasteiger partial charge in [0.1, 0.15) is 12.4 Å². The fraction of sp³-hybridized carbons (Fsp3) is 0.120. The van der Waals surface area contributed by atoms with Gasteiger partial charge in [-0.05, 0) is 54.4 Å². The topological polar surface area (TPSA) is 77.8 Å². The SMILES string of the molecule is CCOC(=O)c1cccc(-c2cc3cc(OCc4ccccc4)ccc3n2C(=O)O)c1. The monoisotopic (exact) mass is 415 g/mol. The number of carbonyl (C=O) groups excluding carboxylic acids is 1. The molecule has 0 amide bonds. The Morgan fingerprint density at radius 2 is 1.74 bits per heavy atom. The maximum absolute atomic E-state index is 12.1. The van der Waals surface area contributed by atoms with Gasteiger partial charge in [-0.1, -0.05) is 42.5 Å². The maximum Gasteiger partial charge on any atom is 0.416 e. The van der Waals surface area contributed by atoms with Crippen LogP contribution in [-0.2, 0) is 11.3 Å². The molecule has 0 aliphatic rings. The van der Waals surface area contributed by atoms with Crippen molar-refractivity contribution in [1.82, 2.24) is 4.57 Å². The van der Waals surface area contributed by atoms with E-state index < -0.39 is 12.1 Å². The number of carboxylic acid groups (broad SMARTS) is 1. The highest BCUT2D eigenvalue weighted by molar-refractivity contribution is 5.97. The molecule has 6 heteroatoms. The molecular formula is C25H21NO5. The molecule has 0 saturated heterocycles. The first-order valence-corrected chi connectivity index (χ1v) is 9.90. The van der Waals surface area contributed by atoms with E-state index in [1.807, 2.05) is 36.4 Å². The Bertz CT molecular complexity index is 1240. The molecule has 31 heavy (non-hydrogen) atoms. The van der Waals surface area contributed by atoms with Gasteiger partial charge in [0.05, 0.1) is 23.4 Å². The van der Waals surface area contributed by atoms with E-state index in [9.17, 15) is 14.7 Å². The lowest BCUT2D eigenvalue weighted by Gasteiger charge is -2.08. The number of hydrogen-bond donors (Lipinski definition) is 1. The largest absolute Gasteiger partial charge is 0.489 e. The summed E-state index contributed by atoms with van der Waals surface area (Å²) >= 11 is 0. The van der Waals surface area contributed by atoms with Gasteiger partial charge < -0.3 is 14.6 Å². The van der Waals surface area contributed by atoms with Crippen LogP contribution in [0, 0.1) is 0 Å². The lowest BCUT2D eigenvalue weighted by molar-refractivity contribution is 0.0526. The predicted molar refractivity (Wildman–Crippen MR) is 118 cm³/mol. The van der Waals surface area contributed by atoms with Crippen LogP contribution in [0.1, 0.15) is 22.8 Å². The first kappa shape index (κ1) is 20.2. The molecule has 0 saturated carbocycles. The van der Waals surface area contributed by atoms with Crippen molar-refractivity contribution in [2.45, 2.75) is 13.5 Å². The zero-order valence-corrected chi connectivity index (χ0v) is 16.9. The second-order valence-electron chi connectivity index (χ2n) is 6.94. The zero-order chi connectivity index (χ0) is 21.8. The third-order valence-corrected chi connectivity index (χ3v) is 4.88. The van der Waals surface area contributed by atoms with Gasteiger partial charge in [0.2, 0.25) is 0 Å². The van der Waals surface area contributed by atoms with Gasteiger partial charge in [0, 0.05) is 5.39 Å². The molecule has 0 unspecified atom stereocenters. The van der Waals surface area contributed by atoms with Crippen molar-refractivity contribution in [3.8, 4) is 17.0 Å². The molecule has 1 aromatic heterocycles. The minimum absolute atomic E-state index is 0.268. The van der Waals surface area contributed by atoms with Crippen molar-refractivity contribution >= 4 is 23.0 Å². The standard InChI is InChI=1S/C25H21NO5/c1-2-30-24(27)19-10-6-9-18(13-19)23-15-20-14-21(11-12-22(20)26(23)25(28)29)31-16-17-7-4-3-5-8-17/h3-15H,2,16H2,1H3,(H,28,29). The van der Waals surface area contributed by atoms with Crippen molar-refractivity contribution in [3.05, 3.63) is 90.0 Å². The van der Waals surface area contributed by atoms with Gasteiger partial charge >= 0.3 is 12.1 Å². The van der Waals surface area contributed by atoms with Crippen LogP contribution >= 0.6 is 0 Å². The highest BCUT2D eigenvalue weighted by atomic mass is 16.5. The van der Waals surface area contributed by atoms with Crippen LogP contribution in [0.25, 0.3) is 22.2 Å². The average molecular weight is 415 g/mol. The van der Waals surface area contributed by atoms with E-state index >= 15 is 0 Å². The summed E-state index contributed by atoms with van der Waals surface area (Å²) in [6, 6.07) is 23.6. The van der Waals surface area contributed by atoms with Gasteiger partial charge in [-0.3, -0.25) is 0 Å². The molecule has 1 heterocycles. The third-order valence-electron chi connectivity index (χ3n) is 4.88. The highest BCUT2D eigenvalue weighted by Crippen LogP contribution is 2.31. The number of ether oxygens (including phenoxy) is 2. The number of hydrogen-bond acceptors (Lipinski definition) is 4. The number of aromatic nitrogens is 1. The Labute approximate surface area is 179 Å². The van der Waals surface area contributed by atoms with Gasteiger partial charge in [0.15, 0.2) is 0 Å². The van der Waals surface area contributed by atoms with Crippen LogP contribution in [0.2, 0.25) is 0 Å². The molecule has 156 valence electrons. The Morgan fingerprint density at radius 1 is 0.935 bits per heavy atom. The van der Waals surface area contributed by atoms with E-state index in [0.717, 1.165) is 10.9 Å². The summed E-state index contributed by atoms with van der Waals surface area (Å²) in [5.41, 5.74) is 3.02. The molecular weight excluding hydrogens is 394 g/mol. The number of benzene rings is 3. The van der Waals surface area contributed by atoms with Gasteiger partial charge in [0.25, 0.3) is 0 Å². The summed E-state index contributed by atoms with van der Waals surface area (Å²) in [6.45, 7) is 2.42. The minimum Gasteiger partial charge on any atom is -0.489 e. The summed E-state index contributed by atoms with van der Waals surface area (Å²) in [7, 11) is 0. The first-order chi connectivity index (χ1) is 15.1. The summed E-state index contributed by atoms with van der Waals surface area (Å²) in [5, 5.41) is 10.6. The summed E-state index contributed by atoms with van der Waals surface area (Å²) in [4.78, 5) is 24.1. The quantitative estimate of drug-likeness (QED) is 0.415. The van der Waals surface area contributed by atoms with Gasteiger partial charge in [-0.15, -0.1) is 0 Å². The number of fused-ring (bicyclic) bond motifs is 1. The van der Waals surface area contributed by atoms with Crippen molar-refractivity contribution < 1.29 is 24.2 Å². The van der Waals surface area contributed by atoms with E-state index in [-0.39, 0.29) is 6.61 Å². The number of esters is 1. The fourth-order valence-corrected chi connectivity index (χ4v) is 3.46. The number of nitrogens with zero attached hydrogens (tertiary/aromatic N) is 1. The first-order valence-electron chi connectivity index (χ1n) is 9.90. The van der Waals surface area contributed by atoms with E-state index in [4.69, 9.17) is 9.47 Å². The van der Waals surface area contributed by atoms with Crippen LogP contribution in [0.4, 0.5) is 4.79 Å². The Morgan fingerprint density at radius 3 is 2.48 bits per heavy atom. The van der Waals surface area contributed by atoms with Crippen molar-refractivity contribution in [1.29, 1.82) is 0 Å². The van der Waals surface area contributed by atoms with Crippen molar-refractivity contribution in [2.24, 2.45) is 0 Å².